The fraction of sp³-hybridized carbons (Fsp3) is 0.0714. The molecule has 0 fully saturated rings. The summed E-state index contributed by atoms with van der Waals surface area (Å²) in [4.78, 5) is 0. The average Bonchev–Trinajstić information content (AvgIpc) is 2.98. The second-order valence-electron chi connectivity index (χ2n) is 4.28. The van der Waals surface area contributed by atoms with Crippen LogP contribution in [0.25, 0.3) is 5.69 Å². The van der Waals surface area contributed by atoms with Crippen LogP contribution in [0.15, 0.2) is 48.5 Å². The van der Waals surface area contributed by atoms with Crippen LogP contribution in [-0.2, 0) is 6.54 Å². The van der Waals surface area contributed by atoms with Gasteiger partial charge < -0.3 is 10.5 Å². The van der Waals surface area contributed by atoms with Gasteiger partial charge in [0.25, 0.3) is 0 Å². The van der Waals surface area contributed by atoms with E-state index in [0.717, 1.165) is 11.3 Å². The van der Waals surface area contributed by atoms with Gasteiger partial charge in [-0.25, -0.2) is 0 Å². The molecule has 1 aromatic heterocycles. The Hall–Kier alpha value is -2.44. The highest BCUT2D eigenvalue weighted by Crippen LogP contribution is 2.29. The molecule has 2 aromatic carbocycles. The Labute approximate surface area is 126 Å². The van der Waals surface area contributed by atoms with Crippen molar-refractivity contribution in [3.63, 3.8) is 0 Å². The second-order valence-corrected chi connectivity index (χ2v) is 4.69. The first-order chi connectivity index (χ1) is 10.3. The minimum Gasteiger partial charge on any atom is -0.422 e. The first-order valence-corrected chi connectivity index (χ1v) is 6.66. The summed E-state index contributed by atoms with van der Waals surface area (Å²) in [5, 5.41) is 11.9. The first kappa shape index (κ1) is 13.5. The van der Waals surface area contributed by atoms with Gasteiger partial charge in [-0.3, -0.25) is 0 Å². The molecule has 0 saturated heterocycles. The number of para-hydroxylation sites is 1. The van der Waals surface area contributed by atoms with E-state index in [1.54, 1.807) is 12.1 Å². The number of ether oxygens (including phenoxy) is 1. The summed E-state index contributed by atoms with van der Waals surface area (Å²) >= 11 is 6.17. The van der Waals surface area contributed by atoms with Gasteiger partial charge in [0, 0.05) is 6.54 Å². The first-order valence-electron chi connectivity index (χ1n) is 6.28. The Balaban J connectivity index is 1.92. The lowest BCUT2D eigenvalue weighted by molar-refractivity contribution is 0.427. The third-order valence-electron chi connectivity index (χ3n) is 2.87. The van der Waals surface area contributed by atoms with Gasteiger partial charge >= 0.3 is 6.01 Å². The number of hydrogen-bond acceptors (Lipinski definition) is 5. The van der Waals surface area contributed by atoms with Crippen molar-refractivity contribution in [1.29, 1.82) is 0 Å². The van der Waals surface area contributed by atoms with E-state index in [1.165, 1.54) is 4.68 Å². The third kappa shape index (κ3) is 2.86. The van der Waals surface area contributed by atoms with E-state index in [0.29, 0.717) is 17.3 Å². The van der Waals surface area contributed by atoms with Crippen molar-refractivity contribution in [2.75, 3.05) is 0 Å². The van der Waals surface area contributed by atoms with Gasteiger partial charge in [-0.05, 0) is 40.3 Å². The van der Waals surface area contributed by atoms with E-state index in [-0.39, 0.29) is 6.01 Å². The van der Waals surface area contributed by atoms with Gasteiger partial charge in [-0.1, -0.05) is 41.0 Å². The zero-order valence-corrected chi connectivity index (χ0v) is 11.7. The molecule has 3 aromatic rings. The van der Waals surface area contributed by atoms with Gasteiger partial charge in [0.15, 0.2) is 0 Å². The standard InChI is InChI=1S/C14H12ClN5O/c15-12-8-10(9-16)6-7-13(12)21-14-17-18-19-20(14)11-4-2-1-3-5-11/h1-8H,9,16H2. The highest BCUT2D eigenvalue weighted by molar-refractivity contribution is 6.32. The van der Waals surface area contributed by atoms with Crippen LogP contribution >= 0.6 is 11.6 Å². The van der Waals surface area contributed by atoms with Crippen molar-refractivity contribution in [3.05, 3.63) is 59.1 Å². The highest BCUT2D eigenvalue weighted by atomic mass is 35.5. The van der Waals surface area contributed by atoms with E-state index in [9.17, 15) is 0 Å². The smallest absolute Gasteiger partial charge is 0.345 e. The molecule has 0 aliphatic carbocycles. The average molecular weight is 302 g/mol. The summed E-state index contributed by atoms with van der Waals surface area (Å²) in [6, 6.07) is 15.0. The van der Waals surface area contributed by atoms with E-state index < -0.39 is 0 Å². The minimum absolute atomic E-state index is 0.239. The lowest BCUT2D eigenvalue weighted by atomic mass is 10.2. The molecule has 7 heteroatoms. The number of hydrogen-bond donors (Lipinski definition) is 1. The van der Waals surface area contributed by atoms with E-state index >= 15 is 0 Å². The van der Waals surface area contributed by atoms with Crippen molar-refractivity contribution in [2.24, 2.45) is 5.73 Å². The Morgan fingerprint density at radius 1 is 1.14 bits per heavy atom. The van der Waals surface area contributed by atoms with Crippen LogP contribution in [0, 0.1) is 0 Å². The Morgan fingerprint density at radius 3 is 2.67 bits per heavy atom. The maximum Gasteiger partial charge on any atom is 0.345 e. The van der Waals surface area contributed by atoms with Crippen LogP contribution < -0.4 is 10.5 Å². The normalized spacial score (nSPS) is 10.6. The van der Waals surface area contributed by atoms with Crippen molar-refractivity contribution >= 4 is 11.6 Å². The maximum atomic E-state index is 6.17. The lowest BCUT2D eigenvalue weighted by Crippen LogP contribution is -2.01. The molecule has 0 atom stereocenters. The molecule has 6 nitrogen and oxygen atoms in total. The van der Waals surface area contributed by atoms with Crippen molar-refractivity contribution in [3.8, 4) is 17.4 Å². The van der Waals surface area contributed by atoms with Gasteiger partial charge in [0.1, 0.15) is 5.75 Å². The van der Waals surface area contributed by atoms with Crippen LogP contribution in [-0.4, -0.2) is 20.2 Å². The quantitative estimate of drug-likeness (QED) is 0.801. The van der Waals surface area contributed by atoms with E-state index in [2.05, 4.69) is 15.5 Å². The summed E-state index contributed by atoms with van der Waals surface area (Å²) in [5.74, 6) is 0.473. The predicted molar refractivity (Wildman–Crippen MR) is 78.6 cm³/mol. The second kappa shape index (κ2) is 5.90. The zero-order chi connectivity index (χ0) is 14.7. The monoisotopic (exact) mass is 301 g/mol. The van der Waals surface area contributed by atoms with E-state index in [4.69, 9.17) is 22.1 Å². The number of nitrogens with zero attached hydrogens (tertiary/aromatic N) is 4. The fourth-order valence-electron chi connectivity index (χ4n) is 1.83. The van der Waals surface area contributed by atoms with Crippen LogP contribution in [0.4, 0.5) is 0 Å². The highest BCUT2D eigenvalue weighted by Gasteiger charge is 2.12. The molecule has 0 aliphatic heterocycles. The third-order valence-corrected chi connectivity index (χ3v) is 3.17. The predicted octanol–water partition coefficient (Wildman–Crippen LogP) is 2.57. The number of halogens is 1. The fourth-order valence-corrected chi connectivity index (χ4v) is 2.07. The van der Waals surface area contributed by atoms with Crippen molar-refractivity contribution in [1.82, 2.24) is 20.2 Å². The van der Waals surface area contributed by atoms with Crippen LogP contribution in [0.1, 0.15) is 5.56 Å². The molecule has 0 aliphatic rings. The molecular weight excluding hydrogens is 290 g/mol. The van der Waals surface area contributed by atoms with Crippen LogP contribution in [0.3, 0.4) is 0 Å². The molecule has 106 valence electrons. The molecule has 21 heavy (non-hydrogen) atoms. The summed E-state index contributed by atoms with van der Waals surface area (Å²) < 4.78 is 7.18. The molecule has 1 heterocycles. The molecule has 0 bridgehead atoms. The van der Waals surface area contributed by atoms with Gasteiger partial charge in [-0.2, -0.15) is 4.68 Å². The Kier molecular flexibility index (Phi) is 3.81. The maximum absolute atomic E-state index is 6.17. The molecule has 0 unspecified atom stereocenters. The van der Waals surface area contributed by atoms with Crippen LogP contribution in [0.5, 0.6) is 11.8 Å². The topological polar surface area (TPSA) is 78.8 Å². The number of nitrogens with two attached hydrogens (primary N) is 1. The molecule has 0 radical (unpaired) electrons. The Morgan fingerprint density at radius 2 is 1.95 bits per heavy atom. The minimum atomic E-state index is 0.239. The SMILES string of the molecule is NCc1ccc(Oc2nnnn2-c2ccccc2)c(Cl)c1. The van der Waals surface area contributed by atoms with Gasteiger partial charge in [-0.15, -0.1) is 0 Å². The number of tetrazole rings is 1. The largest absolute Gasteiger partial charge is 0.422 e. The summed E-state index contributed by atoms with van der Waals surface area (Å²) in [5.41, 5.74) is 7.29. The Bertz CT molecular complexity index is 744. The summed E-state index contributed by atoms with van der Waals surface area (Å²) in [6.45, 7) is 0.418. The molecular formula is C14H12ClN5O. The van der Waals surface area contributed by atoms with Gasteiger partial charge in [0.05, 0.1) is 10.7 Å². The summed E-state index contributed by atoms with van der Waals surface area (Å²) in [7, 11) is 0. The zero-order valence-electron chi connectivity index (χ0n) is 11.0. The van der Waals surface area contributed by atoms with Gasteiger partial charge in [0.2, 0.25) is 0 Å². The summed E-state index contributed by atoms with van der Waals surface area (Å²) in [6.07, 6.45) is 0. The van der Waals surface area contributed by atoms with Crippen molar-refractivity contribution < 1.29 is 4.74 Å². The van der Waals surface area contributed by atoms with E-state index in [1.807, 2.05) is 36.4 Å². The molecule has 0 amide bonds. The molecule has 0 spiro atoms. The lowest BCUT2D eigenvalue weighted by Gasteiger charge is -2.08. The number of benzene rings is 2. The number of aromatic nitrogens is 4. The molecule has 0 saturated carbocycles. The molecule has 2 N–H and O–H groups in total. The molecule has 3 rings (SSSR count). The number of rotatable bonds is 4. The van der Waals surface area contributed by atoms with Crippen LogP contribution in [0.2, 0.25) is 5.02 Å². The van der Waals surface area contributed by atoms with Crippen molar-refractivity contribution in [2.45, 2.75) is 6.54 Å².